The summed E-state index contributed by atoms with van der Waals surface area (Å²) in [5.41, 5.74) is 3.55. The normalized spacial score (nSPS) is 21.0. The quantitative estimate of drug-likeness (QED) is 0.455. The Labute approximate surface area is 229 Å². The van der Waals surface area contributed by atoms with Gasteiger partial charge in [-0.1, -0.05) is 0 Å². The molecule has 0 aromatic carbocycles. The maximum absolute atomic E-state index is 13.6. The molecule has 2 saturated heterocycles. The predicted molar refractivity (Wildman–Crippen MR) is 144 cm³/mol. The number of hydrogen-bond donors (Lipinski definition) is 2. The van der Waals surface area contributed by atoms with Gasteiger partial charge in [0.05, 0.1) is 36.1 Å². The van der Waals surface area contributed by atoms with Crippen LogP contribution in [0.5, 0.6) is 5.75 Å². The van der Waals surface area contributed by atoms with Gasteiger partial charge in [-0.2, -0.15) is 0 Å². The molecule has 0 aliphatic carbocycles. The fourth-order valence-corrected chi connectivity index (χ4v) is 5.52. The highest BCUT2D eigenvalue weighted by atomic mass is 32.1. The van der Waals surface area contributed by atoms with Crippen LogP contribution in [0.2, 0.25) is 0 Å². The second-order valence-corrected chi connectivity index (χ2v) is 10.7. The molecule has 204 valence electrons. The summed E-state index contributed by atoms with van der Waals surface area (Å²) in [6, 6.07) is 6.49. The SMILES string of the molecule is CC1(C)OCC(COc2ccnc(NC(=O)N3c4nc(C(=O)NCc5cscn5)ccc4N4CC[C@H]3C4)c2)O1. The molecular weight excluding hydrogens is 522 g/mol. The Morgan fingerprint density at radius 2 is 2.15 bits per heavy atom. The smallest absolute Gasteiger partial charge is 0.329 e. The molecule has 2 N–H and O–H groups in total. The van der Waals surface area contributed by atoms with Crippen molar-refractivity contribution in [1.82, 2.24) is 20.3 Å². The first-order valence-electron chi connectivity index (χ1n) is 12.8. The zero-order valence-electron chi connectivity index (χ0n) is 21.6. The van der Waals surface area contributed by atoms with Gasteiger partial charge in [-0.25, -0.2) is 19.7 Å². The molecule has 1 unspecified atom stereocenters. The van der Waals surface area contributed by atoms with Gasteiger partial charge in [0.15, 0.2) is 11.6 Å². The Kier molecular flexibility index (Phi) is 6.79. The highest BCUT2D eigenvalue weighted by molar-refractivity contribution is 7.07. The van der Waals surface area contributed by atoms with Gasteiger partial charge in [0.25, 0.3) is 5.91 Å². The summed E-state index contributed by atoms with van der Waals surface area (Å²) >= 11 is 1.47. The van der Waals surface area contributed by atoms with Gasteiger partial charge in [0, 0.05) is 30.7 Å². The maximum Gasteiger partial charge on any atom is 0.329 e. The highest BCUT2D eigenvalue weighted by Gasteiger charge is 2.40. The first-order chi connectivity index (χ1) is 18.8. The number of nitrogens with one attached hydrogen (secondary N) is 2. The minimum absolute atomic E-state index is 0.0689. The van der Waals surface area contributed by atoms with Crippen LogP contribution in [0.15, 0.2) is 41.4 Å². The predicted octanol–water partition coefficient (Wildman–Crippen LogP) is 3.02. The van der Waals surface area contributed by atoms with Gasteiger partial charge in [-0.05, 0) is 38.5 Å². The molecular formula is C26H29N7O5S. The van der Waals surface area contributed by atoms with Gasteiger partial charge in [-0.15, -0.1) is 11.3 Å². The summed E-state index contributed by atoms with van der Waals surface area (Å²) in [6.07, 6.45) is 2.19. The van der Waals surface area contributed by atoms with E-state index in [9.17, 15) is 9.59 Å². The van der Waals surface area contributed by atoms with Crippen molar-refractivity contribution in [3.63, 3.8) is 0 Å². The Bertz CT molecular complexity index is 1370. The molecule has 0 saturated carbocycles. The van der Waals surface area contributed by atoms with Gasteiger partial charge >= 0.3 is 6.03 Å². The van der Waals surface area contributed by atoms with Crippen molar-refractivity contribution in [3.8, 4) is 5.75 Å². The van der Waals surface area contributed by atoms with Crippen LogP contribution in [0.4, 0.5) is 22.1 Å². The van der Waals surface area contributed by atoms with E-state index in [-0.39, 0.29) is 29.8 Å². The van der Waals surface area contributed by atoms with Gasteiger partial charge in [0.2, 0.25) is 0 Å². The topological polar surface area (TPSA) is 131 Å². The summed E-state index contributed by atoms with van der Waals surface area (Å²) in [5, 5.41) is 7.60. The summed E-state index contributed by atoms with van der Waals surface area (Å²) in [7, 11) is 0. The minimum Gasteiger partial charge on any atom is -0.491 e. The lowest BCUT2D eigenvalue weighted by atomic mass is 10.1. The van der Waals surface area contributed by atoms with Crippen molar-refractivity contribution in [1.29, 1.82) is 0 Å². The maximum atomic E-state index is 13.6. The van der Waals surface area contributed by atoms with Crippen molar-refractivity contribution in [2.45, 2.75) is 44.7 Å². The molecule has 6 rings (SSSR count). The standard InChI is InChI=1S/C26H29N7O5S/c1-26(2)37-13-19(38-26)12-36-18-5-7-27-22(9-18)31-25(35)33-17-6-8-32(11-17)21-4-3-20(30-23(21)33)24(34)28-10-16-14-39-15-29-16/h3-5,7,9,14-15,17,19H,6,8,10-13H2,1-2H3,(H,28,34)(H,27,31,35)/t17-,19?/m0/s1. The van der Waals surface area contributed by atoms with Crippen molar-refractivity contribution < 1.29 is 23.8 Å². The summed E-state index contributed by atoms with van der Waals surface area (Å²) < 4.78 is 17.2. The number of urea groups is 1. The number of hydrogen-bond acceptors (Lipinski definition) is 10. The number of ether oxygens (including phenoxy) is 3. The molecule has 2 fully saturated rings. The average molecular weight is 552 g/mol. The molecule has 3 aliphatic heterocycles. The van der Waals surface area contributed by atoms with Crippen molar-refractivity contribution in [2.75, 3.05) is 41.4 Å². The highest BCUT2D eigenvalue weighted by Crippen LogP contribution is 2.39. The molecule has 3 aliphatic rings. The van der Waals surface area contributed by atoms with Crippen LogP contribution in [0.3, 0.4) is 0 Å². The van der Waals surface area contributed by atoms with E-state index in [0.29, 0.717) is 43.7 Å². The lowest BCUT2D eigenvalue weighted by Crippen LogP contribution is -2.48. The average Bonchev–Trinajstić information content (AvgIpc) is 3.67. The molecule has 12 nitrogen and oxygen atoms in total. The molecule has 0 spiro atoms. The molecule has 2 atom stereocenters. The lowest BCUT2D eigenvalue weighted by molar-refractivity contribution is -0.141. The van der Waals surface area contributed by atoms with Crippen LogP contribution >= 0.6 is 11.3 Å². The summed E-state index contributed by atoms with van der Waals surface area (Å²) in [6.45, 7) is 6.31. The Morgan fingerprint density at radius 1 is 1.26 bits per heavy atom. The van der Waals surface area contributed by atoms with Crippen LogP contribution in [0, 0.1) is 0 Å². The molecule has 3 aromatic heterocycles. The number of carbonyl (C=O) groups is 2. The van der Waals surface area contributed by atoms with E-state index < -0.39 is 5.79 Å². The second kappa shape index (κ2) is 10.4. The lowest BCUT2D eigenvalue weighted by Gasteiger charge is -2.35. The minimum atomic E-state index is -0.623. The Balaban J connectivity index is 1.16. The Hall–Kier alpha value is -3.81. The van der Waals surface area contributed by atoms with Crippen LogP contribution in [-0.4, -0.2) is 71.1 Å². The third kappa shape index (κ3) is 5.51. The zero-order valence-corrected chi connectivity index (χ0v) is 22.4. The van der Waals surface area contributed by atoms with E-state index in [0.717, 1.165) is 24.3 Å². The third-order valence-electron chi connectivity index (χ3n) is 6.79. The van der Waals surface area contributed by atoms with E-state index in [1.807, 2.05) is 25.3 Å². The van der Waals surface area contributed by atoms with Crippen molar-refractivity contribution in [3.05, 3.63) is 52.7 Å². The van der Waals surface area contributed by atoms with Crippen LogP contribution in [0.1, 0.15) is 36.5 Å². The van der Waals surface area contributed by atoms with E-state index in [1.54, 1.807) is 34.8 Å². The first-order valence-corrected chi connectivity index (χ1v) is 13.7. The number of rotatable bonds is 7. The van der Waals surface area contributed by atoms with E-state index in [4.69, 9.17) is 14.2 Å². The number of pyridine rings is 2. The largest absolute Gasteiger partial charge is 0.491 e. The van der Waals surface area contributed by atoms with Gasteiger partial charge in [0.1, 0.15) is 30.0 Å². The first kappa shape index (κ1) is 25.5. The van der Waals surface area contributed by atoms with Crippen LogP contribution in [-0.2, 0) is 16.0 Å². The number of amides is 3. The number of fused-ring (bicyclic) bond motifs is 4. The molecule has 39 heavy (non-hydrogen) atoms. The third-order valence-corrected chi connectivity index (χ3v) is 7.42. The Morgan fingerprint density at radius 3 is 2.95 bits per heavy atom. The fraction of sp³-hybridized carbons (Fsp3) is 0.423. The van der Waals surface area contributed by atoms with Gasteiger partial charge < -0.3 is 24.4 Å². The van der Waals surface area contributed by atoms with E-state index in [1.165, 1.54) is 11.3 Å². The van der Waals surface area contributed by atoms with E-state index >= 15 is 0 Å². The molecule has 2 bridgehead atoms. The molecule has 13 heteroatoms. The van der Waals surface area contributed by atoms with Crippen LogP contribution in [0.25, 0.3) is 0 Å². The second-order valence-electron chi connectivity index (χ2n) is 10.0. The van der Waals surface area contributed by atoms with Crippen LogP contribution < -0.4 is 25.2 Å². The number of thiazole rings is 1. The van der Waals surface area contributed by atoms with E-state index in [2.05, 4.69) is 30.5 Å². The number of nitrogens with zero attached hydrogens (tertiary/aromatic N) is 5. The number of anilines is 3. The molecule has 3 amide bonds. The summed E-state index contributed by atoms with van der Waals surface area (Å²) in [4.78, 5) is 43.3. The summed E-state index contributed by atoms with van der Waals surface area (Å²) in [5.74, 6) is 0.404. The van der Waals surface area contributed by atoms with Crippen molar-refractivity contribution in [2.24, 2.45) is 0 Å². The molecule has 3 aromatic rings. The number of aromatic nitrogens is 3. The zero-order chi connectivity index (χ0) is 27.0. The monoisotopic (exact) mass is 551 g/mol. The van der Waals surface area contributed by atoms with Crippen molar-refractivity contribution >= 4 is 40.6 Å². The molecule has 0 radical (unpaired) electrons. The van der Waals surface area contributed by atoms with Gasteiger partial charge in [-0.3, -0.25) is 15.0 Å². The molecule has 6 heterocycles. The fourth-order valence-electron chi connectivity index (χ4n) is 4.96. The number of carbonyl (C=O) groups excluding carboxylic acids is 2.